The molecule has 1 amide bonds. The molecule has 1 aromatic carbocycles. The number of hydrogen-bond donors (Lipinski definition) is 2. The first-order valence-electron chi connectivity index (χ1n) is 4.35. The lowest BCUT2D eigenvalue weighted by Crippen LogP contribution is -2.16. The van der Waals surface area contributed by atoms with E-state index in [1.165, 1.54) is 0 Å². The molecule has 0 saturated carbocycles. The molecule has 0 spiro atoms. The van der Waals surface area contributed by atoms with Crippen LogP contribution in [0.25, 0.3) is 0 Å². The molecule has 1 aromatic rings. The van der Waals surface area contributed by atoms with E-state index in [2.05, 4.69) is 17.9 Å². The summed E-state index contributed by atoms with van der Waals surface area (Å²) < 4.78 is 10.2. The molecule has 0 fully saturated rings. The Hall–Kier alpha value is -1.36. The SMILES string of the molecule is COc1ccc(OC)c(CNC(=O)S)c1. The van der Waals surface area contributed by atoms with E-state index in [0.29, 0.717) is 12.3 Å². The van der Waals surface area contributed by atoms with Crippen LogP contribution in [-0.2, 0) is 6.54 Å². The van der Waals surface area contributed by atoms with E-state index in [-0.39, 0.29) is 5.24 Å². The van der Waals surface area contributed by atoms with Crippen molar-refractivity contribution in [1.29, 1.82) is 0 Å². The second kappa shape index (κ2) is 5.50. The smallest absolute Gasteiger partial charge is 0.276 e. The van der Waals surface area contributed by atoms with E-state index in [9.17, 15) is 4.79 Å². The van der Waals surface area contributed by atoms with Crippen molar-refractivity contribution in [1.82, 2.24) is 5.32 Å². The number of carbonyl (C=O) groups excluding carboxylic acids is 1. The van der Waals surface area contributed by atoms with Crippen molar-refractivity contribution in [2.24, 2.45) is 0 Å². The normalized spacial score (nSPS) is 9.53. The van der Waals surface area contributed by atoms with Crippen LogP contribution in [0.2, 0.25) is 0 Å². The molecule has 0 aliphatic carbocycles. The van der Waals surface area contributed by atoms with Crippen LogP contribution < -0.4 is 14.8 Å². The Bertz CT molecular complexity index is 355. The summed E-state index contributed by atoms with van der Waals surface area (Å²) in [6.07, 6.45) is 0. The van der Waals surface area contributed by atoms with Crippen LogP contribution in [-0.4, -0.2) is 19.5 Å². The minimum Gasteiger partial charge on any atom is -0.497 e. The molecule has 0 aliphatic rings. The van der Waals surface area contributed by atoms with E-state index in [1.54, 1.807) is 26.4 Å². The van der Waals surface area contributed by atoms with E-state index in [1.807, 2.05) is 6.07 Å². The highest BCUT2D eigenvalue weighted by Gasteiger charge is 2.05. The first kappa shape index (κ1) is 11.7. The van der Waals surface area contributed by atoms with Gasteiger partial charge in [0.1, 0.15) is 11.5 Å². The highest BCUT2D eigenvalue weighted by atomic mass is 32.1. The molecule has 0 aliphatic heterocycles. The zero-order valence-electron chi connectivity index (χ0n) is 8.61. The van der Waals surface area contributed by atoms with Gasteiger partial charge in [0, 0.05) is 12.1 Å². The topological polar surface area (TPSA) is 47.6 Å². The summed E-state index contributed by atoms with van der Waals surface area (Å²) in [5.74, 6) is 1.43. The Morgan fingerprint density at radius 3 is 2.67 bits per heavy atom. The molecule has 1 N–H and O–H groups in total. The zero-order valence-corrected chi connectivity index (χ0v) is 9.51. The van der Waals surface area contributed by atoms with Crippen molar-refractivity contribution in [2.45, 2.75) is 6.54 Å². The number of ether oxygens (including phenoxy) is 2. The predicted octanol–water partition coefficient (Wildman–Crippen LogP) is 1.84. The van der Waals surface area contributed by atoms with Crippen LogP contribution >= 0.6 is 12.6 Å². The van der Waals surface area contributed by atoms with Gasteiger partial charge in [-0.05, 0) is 18.2 Å². The van der Waals surface area contributed by atoms with Crippen molar-refractivity contribution in [3.63, 3.8) is 0 Å². The fourth-order valence-electron chi connectivity index (χ4n) is 1.19. The Balaban J connectivity index is 2.85. The van der Waals surface area contributed by atoms with Crippen LogP contribution in [0, 0.1) is 0 Å². The third kappa shape index (κ3) is 3.36. The average Bonchev–Trinajstić information content (AvgIpc) is 2.25. The standard InChI is InChI=1S/C10H13NO3S/c1-13-8-3-4-9(14-2)7(5-8)6-11-10(12)15/h3-5H,6H2,1-2H3,(H2,11,12,15). The number of benzene rings is 1. The molecule has 4 nitrogen and oxygen atoms in total. The van der Waals surface area contributed by atoms with Gasteiger partial charge in [0.05, 0.1) is 14.2 Å². The summed E-state index contributed by atoms with van der Waals surface area (Å²) in [7, 11) is 3.16. The van der Waals surface area contributed by atoms with Crippen LogP contribution in [0.4, 0.5) is 4.79 Å². The first-order valence-corrected chi connectivity index (χ1v) is 4.79. The van der Waals surface area contributed by atoms with Gasteiger partial charge in [0.25, 0.3) is 5.24 Å². The molecular weight excluding hydrogens is 214 g/mol. The lowest BCUT2D eigenvalue weighted by molar-refractivity contribution is 0.260. The molecular formula is C10H13NO3S. The minimum atomic E-state index is -0.375. The largest absolute Gasteiger partial charge is 0.497 e. The summed E-state index contributed by atoms with van der Waals surface area (Å²) in [6.45, 7) is 0.364. The van der Waals surface area contributed by atoms with Crippen molar-refractivity contribution >= 4 is 17.9 Å². The summed E-state index contributed by atoms with van der Waals surface area (Å²) in [6, 6.07) is 5.40. The fraction of sp³-hybridized carbons (Fsp3) is 0.300. The molecule has 0 unspecified atom stereocenters. The maximum atomic E-state index is 10.7. The van der Waals surface area contributed by atoms with E-state index >= 15 is 0 Å². The van der Waals surface area contributed by atoms with Gasteiger partial charge in [0.2, 0.25) is 0 Å². The number of nitrogens with one attached hydrogen (secondary N) is 1. The number of amides is 1. The van der Waals surface area contributed by atoms with Crippen molar-refractivity contribution in [3.8, 4) is 11.5 Å². The maximum absolute atomic E-state index is 10.7. The molecule has 0 radical (unpaired) electrons. The van der Waals surface area contributed by atoms with E-state index in [0.717, 1.165) is 11.3 Å². The van der Waals surface area contributed by atoms with Crippen LogP contribution in [0.15, 0.2) is 18.2 Å². The van der Waals surface area contributed by atoms with E-state index < -0.39 is 0 Å². The molecule has 82 valence electrons. The van der Waals surface area contributed by atoms with Gasteiger partial charge < -0.3 is 14.8 Å². The number of hydrogen-bond acceptors (Lipinski definition) is 3. The predicted molar refractivity (Wildman–Crippen MR) is 60.8 cm³/mol. The second-order valence-corrected chi connectivity index (χ2v) is 3.24. The van der Waals surface area contributed by atoms with Gasteiger partial charge in [-0.2, -0.15) is 0 Å². The highest BCUT2D eigenvalue weighted by Crippen LogP contribution is 2.23. The fourth-order valence-corrected chi connectivity index (χ4v) is 1.27. The number of methoxy groups -OCH3 is 2. The zero-order chi connectivity index (χ0) is 11.3. The first-order chi connectivity index (χ1) is 7.17. The Morgan fingerprint density at radius 1 is 1.40 bits per heavy atom. The highest BCUT2D eigenvalue weighted by molar-refractivity contribution is 7.96. The van der Waals surface area contributed by atoms with Crippen molar-refractivity contribution in [3.05, 3.63) is 23.8 Å². The van der Waals surface area contributed by atoms with Crippen molar-refractivity contribution < 1.29 is 14.3 Å². The molecule has 0 atom stereocenters. The summed E-state index contributed by atoms with van der Waals surface area (Å²) >= 11 is 3.62. The Labute approximate surface area is 94.0 Å². The molecule has 15 heavy (non-hydrogen) atoms. The van der Waals surface area contributed by atoms with Crippen LogP contribution in [0.1, 0.15) is 5.56 Å². The molecule has 0 saturated heterocycles. The third-order valence-electron chi connectivity index (χ3n) is 1.92. The number of thiol groups is 1. The second-order valence-electron chi connectivity index (χ2n) is 2.84. The van der Waals surface area contributed by atoms with Crippen LogP contribution in [0.3, 0.4) is 0 Å². The molecule has 0 aromatic heterocycles. The monoisotopic (exact) mass is 227 g/mol. The van der Waals surface area contributed by atoms with Gasteiger partial charge in [-0.1, -0.05) is 12.6 Å². The Kier molecular flexibility index (Phi) is 4.30. The van der Waals surface area contributed by atoms with Gasteiger partial charge in [0.15, 0.2) is 0 Å². The third-order valence-corrected chi connectivity index (χ3v) is 2.08. The van der Waals surface area contributed by atoms with Crippen molar-refractivity contribution in [2.75, 3.05) is 14.2 Å². The molecule has 1 rings (SSSR count). The maximum Gasteiger partial charge on any atom is 0.276 e. The minimum absolute atomic E-state index is 0.364. The van der Waals surface area contributed by atoms with E-state index in [4.69, 9.17) is 9.47 Å². The van der Waals surface area contributed by atoms with Gasteiger partial charge in [-0.25, -0.2) is 0 Å². The summed E-state index contributed by atoms with van der Waals surface area (Å²) in [5.41, 5.74) is 0.847. The lowest BCUT2D eigenvalue weighted by Gasteiger charge is -2.10. The molecule has 0 bridgehead atoms. The molecule has 5 heteroatoms. The van der Waals surface area contributed by atoms with Crippen LogP contribution in [0.5, 0.6) is 11.5 Å². The molecule has 0 heterocycles. The average molecular weight is 227 g/mol. The summed E-state index contributed by atoms with van der Waals surface area (Å²) in [4.78, 5) is 10.7. The quantitative estimate of drug-likeness (QED) is 0.772. The Morgan fingerprint density at radius 2 is 2.13 bits per heavy atom. The lowest BCUT2D eigenvalue weighted by atomic mass is 10.2. The number of carbonyl (C=O) groups is 1. The van der Waals surface area contributed by atoms with Gasteiger partial charge in [-0.15, -0.1) is 0 Å². The van der Waals surface area contributed by atoms with Gasteiger partial charge >= 0.3 is 0 Å². The number of rotatable bonds is 4. The summed E-state index contributed by atoms with van der Waals surface area (Å²) in [5, 5.41) is 2.20. The van der Waals surface area contributed by atoms with Gasteiger partial charge in [-0.3, -0.25) is 4.79 Å².